The summed E-state index contributed by atoms with van der Waals surface area (Å²) in [7, 11) is 0. The average Bonchev–Trinajstić information content (AvgIpc) is 2.88. The van der Waals surface area contributed by atoms with E-state index >= 15 is 0 Å². The Hall–Kier alpha value is -1.39. The number of hydrogen-bond donors (Lipinski definition) is 1. The van der Waals surface area contributed by atoms with Gasteiger partial charge in [0, 0.05) is 6.04 Å². The van der Waals surface area contributed by atoms with Crippen LogP contribution in [0.25, 0.3) is 0 Å². The Kier molecular flexibility index (Phi) is 2.16. The first-order valence-corrected chi connectivity index (χ1v) is 7.31. The van der Waals surface area contributed by atoms with E-state index in [1.54, 1.807) is 0 Å². The molecule has 0 aromatic carbocycles. The number of hydrogen-bond acceptors (Lipinski definition) is 3. The van der Waals surface area contributed by atoms with E-state index in [9.17, 15) is 14.4 Å². The number of nitrogens with one attached hydrogen (secondary N) is 1. The highest BCUT2D eigenvalue weighted by Gasteiger charge is 2.60. The van der Waals surface area contributed by atoms with Crippen LogP contribution < -0.4 is 5.32 Å². The van der Waals surface area contributed by atoms with Crippen molar-refractivity contribution in [1.29, 1.82) is 0 Å². The van der Waals surface area contributed by atoms with Crippen molar-refractivity contribution in [3.8, 4) is 0 Å². The van der Waals surface area contributed by atoms with Crippen LogP contribution in [0.15, 0.2) is 0 Å². The zero-order valence-corrected chi connectivity index (χ0v) is 10.9. The lowest BCUT2D eigenvalue weighted by Gasteiger charge is -2.47. The van der Waals surface area contributed by atoms with Gasteiger partial charge in [-0.1, -0.05) is 12.8 Å². The summed E-state index contributed by atoms with van der Waals surface area (Å²) in [6.45, 7) is 0. The molecule has 4 aliphatic rings. The summed E-state index contributed by atoms with van der Waals surface area (Å²) in [5.74, 6) is 0.550. The summed E-state index contributed by atoms with van der Waals surface area (Å²) < 4.78 is 0. The Morgan fingerprint density at radius 2 is 1.89 bits per heavy atom. The van der Waals surface area contributed by atoms with Crippen LogP contribution in [0.3, 0.4) is 0 Å². The van der Waals surface area contributed by atoms with Crippen molar-refractivity contribution in [1.82, 2.24) is 10.2 Å². The van der Waals surface area contributed by atoms with Crippen LogP contribution in [0.4, 0.5) is 4.79 Å². The highest BCUT2D eigenvalue weighted by molar-refractivity contribution is 6.19. The van der Waals surface area contributed by atoms with Gasteiger partial charge in [0.05, 0.1) is 0 Å². The van der Waals surface area contributed by atoms with Crippen molar-refractivity contribution in [3.05, 3.63) is 0 Å². The molecule has 3 saturated carbocycles. The molecule has 3 unspecified atom stereocenters. The molecule has 5 nitrogen and oxygen atoms in total. The second-order valence-electron chi connectivity index (χ2n) is 6.61. The molecule has 3 atom stereocenters. The fourth-order valence-electron chi connectivity index (χ4n) is 4.50. The van der Waals surface area contributed by atoms with Gasteiger partial charge in [0.15, 0.2) is 0 Å². The van der Waals surface area contributed by atoms with Crippen molar-refractivity contribution in [2.45, 2.75) is 51.0 Å². The predicted molar refractivity (Wildman–Crippen MR) is 65.9 cm³/mol. The lowest BCUT2D eigenvalue weighted by Crippen LogP contribution is -2.68. The largest absolute Gasteiger partial charge is 0.331 e. The monoisotopic (exact) mass is 262 g/mol. The van der Waals surface area contributed by atoms with Gasteiger partial charge >= 0.3 is 6.03 Å². The summed E-state index contributed by atoms with van der Waals surface area (Å²) in [4.78, 5) is 38.1. The molecule has 5 heteroatoms. The smallest absolute Gasteiger partial charge is 0.277 e. The maximum Gasteiger partial charge on any atom is 0.331 e. The number of amides is 4. The number of nitrogens with zero attached hydrogens (tertiary/aromatic N) is 1. The number of carbonyl (C=O) groups excluding carboxylic acids is 3. The molecule has 0 aromatic rings. The van der Waals surface area contributed by atoms with Crippen LogP contribution in [0.1, 0.15) is 44.9 Å². The molecule has 1 saturated heterocycles. The van der Waals surface area contributed by atoms with Gasteiger partial charge in [0.25, 0.3) is 0 Å². The first kappa shape index (κ1) is 11.4. The van der Waals surface area contributed by atoms with Crippen LogP contribution in [-0.2, 0) is 9.59 Å². The molecule has 0 radical (unpaired) electrons. The van der Waals surface area contributed by atoms with Crippen molar-refractivity contribution in [3.63, 3.8) is 0 Å². The number of urea groups is 1. The van der Waals surface area contributed by atoms with Gasteiger partial charge in [-0.3, -0.25) is 19.8 Å². The quantitative estimate of drug-likeness (QED) is 0.727. The minimum Gasteiger partial charge on any atom is -0.277 e. The van der Waals surface area contributed by atoms with Crippen LogP contribution in [0.2, 0.25) is 0 Å². The number of rotatable bonds is 1. The molecular weight excluding hydrogens is 244 g/mol. The average molecular weight is 262 g/mol. The van der Waals surface area contributed by atoms with Gasteiger partial charge in [-0.2, -0.15) is 0 Å². The lowest BCUT2D eigenvalue weighted by molar-refractivity contribution is -0.159. The molecule has 19 heavy (non-hydrogen) atoms. The Bertz CT molecular complexity index is 483. The third-order valence-electron chi connectivity index (χ3n) is 5.74. The van der Waals surface area contributed by atoms with E-state index in [2.05, 4.69) is 5.32 Å². The molecule has 4 rings (SSSR count). The van der Waals surface area contributed by atoms with Gasteiger partial charge < -0.3 is 0 Å². The summed E-state index contributed by atoms with van der Waals surface area (Å²) in [6, 6.07) is -0.443. The highest BCUT2D eigenvalue weighted by atomic mass is 16.2. The summed E-state index contributed by atoms with van der Waals surface area (Å²) in [5.41, 5.74) is -0.907. The normalized spacial score (nSPS) is 39.7. The number of fused-ring (bicyclic) bond motifs is 2. The fraction of sp³-hybridized carbons (Fsp3) is 0.786. The SMILES string of the molecule is O=C1NC(=O)C2(CCC2)C(=O)N1C1CC2CCC1C2. The van der Waals surface area contributed by atoms with Gasteiger partial charge in [-0.25, -0.2) is 4.79 Å². The van der Waals surface area contributed by atoms with Gasteiger partial charge in [-0.05, 0) is 43.9 Å². The third kappa shape index (κ3) is 1.33. The van der Waals surface area contributed by atoms with Crippen LogP contribution in [0.5, 0.6) is 0 Å². The molecule has 1 N–H and O–H groups in total. The van der Waals surface area contributed by atoms with Gasteiger partial charge in [-0.15, -0.1) is 0 Å². The maximum absolute atomic E-state index is 12.7. The maximum atomic E-state index is 12.7. The standard InChI is InChI=1S/C14H18N2O3/c17-11-14(4-1-5-14)12(18)16(13(19)15-11)10-7-8-2-3-9(10)6-8/h8-10H,1-7H2,(H,15,17,19). The number of imide groups is 2. The number of barbiturate groups is 1. The van der Waals surface area contributed by atoms with Crippen LogP contribution in [0, 0.1) is 17.3 Å². The molecule has 2 bridgehead atoms. The van der Waals surface area contributed by atoms with Crippen molar-refractivity contribution >= 4 is 17.8 Å². The van der Waals surface area contributed by atoms with E-state index in [0.29, 0.717) is 24.7 Å². The van der Waals surface area contributed by atoms with Crippen LogP contribution in [-0.4, -0.2) is 28.8 Å². The second kappa shape index (κ2) is 3.58. The van der Waals surface area contributed by atoms with Crippen molar-refractivity contribution in [2.24, 2.45) is 17.3 Å². The zero-order chi connectivity index (χ0) is 13.2. The molecule has 1 aliphatic heterocycles. The Morgan fingerprint density at radius 3 is 2.42 bits per heavy atom. The molecular formula is C14H18N2O3. The predicted octanol–water partition coefficient (Wildman–Crippen LogP) is 1.42. The molecule has 1 heterocycles. The minimum absolute atomic E-state index is 0.0387. The first-order valence-electron chi connectivity index (χ1n) is 7.31. The minimum atomic E-state index is -0.907. The van der Waals surface area contributed by atoms with E-state index < -0.39 is 11.4 Å². The molecule has 4 fully saturated rings. The second-order valence-corrected chi connectivity index (χ2v) is 6.61. The molecule has 3 aliphatic carbocycles. The molecule has 1 spiro atoms. The Morgan fingerprint density at radius 1 is 1.11 bits per heavy atom. The van der Waals surface area contributed by atoms with Gasteiger partial charge in [0.1, 0.15) is 5.41 Å². The Balaban J connectivity index is 1.65. The zero-order valence-electron chi connectivity index (χ0n) is 10.9. The molecule has 4 amide bonds. The van der Waals surface area contributed by atoms with Gasteiger partial charge in [0.2, 0.25) is 11.8 Å². The van der Waals surface area contributed by atoms with Crippen LogP contribution >= 0.6 is 0 Å². The Labute approximate surface area is 111 Å². The van der Waals surface area contributed by atoms with Crippen molar-refractivity contribution < 1.29 is 14.4 Å². The first-order chi connectivity index (χ1) is 9.12. The van der Waals surface area contributed by atoms with E-state index in [1.807, 2.05) is 0 Å². The van der Waals surface area contributed by atoms with E-state index in [0.717, 1.165) is 25.7 Å². The van der Waals surface area contributed by atoms with E-state index in [-0.39, 0.29) is 17.9 Å². The van der Waals surface area contributed by atoms with Crippen molar-refractivity contribution in [2.75, 3.05) is 0 Å². The molecule has 102 valence electrons. The number of carbonyl (C=O) groups is 3. The third-order valence-corrected chi connectivity index (χ3v) is 5.74. The van der Waals surface area contributed by atoms with E-state index in [4.69, 9.17) is 0 Å². The summed E-state index contributed by atoms with van der Waals surface area (Å²) >= 11 is 0. The molecule has 0 aromatic heterocycles. The summed E-state index contributed by atoms with van der Waals surface area (Å²) in [5, 5.41) is 2.42. The summed E-state index contributed by atoms with van der Waals surface area (Å²) in [6.07, 6.45) is 6.53. The topological polar surface area (TPSA) is 66.5 Å². The fourth-order valence-corrected chi connectivity index (χ4v) is 4.50. The lowest BCUT2D eigenvalue weighted by atomic mass is 9.66. The highest BCUT2D eigenvalue weighted by Crippen LogP contribution is 2.50. The van der Waals surface area contributed by atoms with E-state index in [1.165, 1.54) is 11.3 Å².